The first-order valence-corrected chi connectivity index (χ1v) is 10.8. The van der Waals surface area contributed by atoms with E-state index in [4.69, 9.17) is 0 Å². The molecule has 0 heterocycles. The first kappa shape index (κ1) is 26.5. The third-order valence-corrected chi connectivity index (χ3v) is 5.15. The van der Waals surface area contributed by atoms with Crippen LogP contribution in [0.2, 0.25) is 0 Å². The Kier molecular flexibility index (Phi) is 11.7. The van der Waals surface area contributed by atoms with E-state index < -0.39 is 35.1 Å². The van der Waals surface area contributed by atoms with E-state index in [0.29, 0.717) is 12.8 Å². The van der Waals surface area contributed by atoms with E-state index in [-0.39, 0.29) is 24.7 Å². The Balaban J connectivity index is 2.85. The number of esters is 1. The summed E-state index contributed by atoms with van der Waals surface area (Å²) in [5, 5.41) is 7.27. The summed E-state index contributed by atoms with van der Waals surface area (Å²) in [4.78, 5) is 49.1. The molecule has 0 spiro atoms. The van der Waals surface area contributed by atoms with Gasteiger partial charge in [-0.1, -0.05) is 44.2 Å². The van der Waals surface area contributed by atoms with Gasteiger partial charge in [0, 0.05) is 19.9 Å². The van der Waals surface area contributed by atoms with Crippen molar-refractivity contribution in [3.8, 4) is 0 Å². The highest BCUT2D eigenvalue weighted by Crippen LogP contribution is 2.11. The van der Waals surface area contributed by atoms with Gasteiger partial charge < -0.3 is 20.7 Å². The highest BCUT2D eigenvalue weighted by molar-refractivity contribution is 7.81. The van der Waals surface area contributed by atoms with Crippen LogP contribution in [0.15, 0.2) is 30.3 Å². The lowest BCUT2D eigenvalue weighted by molar-refractivity contribution is -0.140. The summed E-state index contributed by atoms with van der Waals surface area (Å²) in [6.07, 6.45) is 0.950. The highest BCUT2D eigenvalue weighted by atomic mass is 32.1. The van der Waals surface area contributed by atoms with Gasteiger partial charge in [0.05, 0.1) is 12.4 Å². The smallest absolute Gasteiger partial charge is 0.305 e. The molecule has 3 N–H and O–H groups in total. The van der Waals surface area contributed by atoms with Crippen molar-refractivity contribution in [1.82, 2.24) is 16.0 Å². The fourth-order valence-electron chi connectivity index (χ4n) is 2.96. The number of rotatable bonds is 12. The standard InChI is InChI=1S/C22H33N3O5S/c1-14(2)12-16(25-22(29)18(31)10-11-19(26)30-4)21(28)24-17(20(27)23-3)13-15-8-6-5-7-9-15/h5-9,14,16-18,31H,10-13H2,1-4H3,(H,23,27)(H,24,28)(H,25,29). The average Bonchev–Trinajstić information content (AvgIpc) is 2.75. The van der Waals surface area contributed by atoms with Gasteiger partial charge >= 0.3 is 5.97 Å². The number of benzene rings is 1. The molecule has 9 heteroatoms. The summed E-state index contributed by atoms with van der Waals surface area (Å²) in [6, 6.07) is 7.74. The van der Waals surface area contributed by atoms with Crippen LogP contribution in [0.4, 0.5) is 0 Å². The fourth-order valence-corrected chi connectivity index (χ4v) is 3.17. The molecular formula is C22H33N3O5S. The molecule has 1 aromatic rings. The first-order valence-electron chi connectivity index (χ1n) is 10.3. The molecule has 3 unspecified atom stereocenters. The Morgan fingerprint density at radius 3 is 2.13 bits per heavy atom. The Bertz CT molecular complexity index is 742. The second kappa shape index (κ2) is 13.7. The molecule has 0 aromatic heterocycles. The number of methoxy groups -OCH3 is 1. The predicted octanol–water partition coefficient (Wildman–Crippen LogP) is 1.24. The molecule has 3 amide bonds. The molecule has 172 valence electrons. The van der Waals surface area contributed by atoms with Gasteiger partial charge in [-0.2, -0.15) is 12.6 Å². The zero-order valence-corrected chi connectivity index (χ0v) is 19.4. The number of hydrogen-bond donors (Lipinski definition) is 4. The number of carbonyl (C=O) groups is 4. The SMILES string of the molecule is CNC(=O)C(Cc1ccccc1)NC(=O)C(CC(C)C)NC(=O)C(S)CCC(=O)OC. The highest BCUT2D eigenvalue weighted by Gasteiger charge is 2.28. The molecule has 0 fully saturated rings. The molecule has 0 radical (unpaired) electrons. The lowest BCUT2D eigenvalue weighted by Gasteiger charge is -2.25. The van der Waals surface area contributed by atoms with E-state index >= 15 is 0 Å². The molecule has 0 aliphatic rings. The van der Waals surface area contributed by atoms with Gasteiger partial charge in [-0.3, -0.25) is 19.2 Å². The van der Waals surface area contributed by atoms with Crippen LogP contribution in [0.3, 0.4) is 0 Å². The summed E-state index contributed by atoms with van der Waals surface area (Å²) >= 11 is 4.24. The Hall–Kier alpha value is -2.55. The average molecular weight is 452 g/mol. The number of thiol groups is 1. The molecule has 1 aromatic carbocycles. The largest absolute Gasteiger partial charge is 0.469 e. The van der Waals surface area contributed by atoms with Crippen molar-refractivity contribution in [3.63, 3.8) is 0 Å². The van der Waals surface area contributed by atoms with Crippen LogP contribution in [-0.4, -0.2) is 55.2 Å². The van der Waals surface area contributed by atoms with E-state index in [2.05, 4.69) is 33.3 Å². The van der Waals surface area contributed by atoms with Crippen molar-refractivity contribution in [2.45, 2.75) is 56.9 Å². The second-order valence-electron chi connectivity index (χ2n) is 7.69. The minimum Gasteiger partial charge on any atom is -0.469 e. The second-order valence-corrected chi connectivity index (χ2v) is 8.31. The molecule has 0 saturated heterocycles. The Morgan fingerprint density at radius 2 is 1.58 bits per heavy atom. The lowest BCUT2D eigenvalue weighted by atomic mass is 10.0. The summed E-state index contributed by atoms with van der Waals surface area (Å²) in [5.74, 6) is -1.53. The van der Waals surface area contributed by atoms with Gasteiger partial charge in [-0.25, -0.2) is 0 Å². The van der Waals surface area contributed by atoms with Gasteiger partial charge in [0.15, 0.2) is 0 Å². The molecule has 8 nitrogen and oxygen atoms in total. The van der Waals surface area contributed by atoms with Crippen molar-refractivity contribution >= 4 is 36.3 Å². The lowest BCUT2D eigenvalue weighted by Crippen LogP contribution is -2.55. The van der Waals surface area contributed by atoms with Gasteiger partial charge in [-0.15, -0.1) is 0 Å². The topological polar surface area (TPSA) is 114 Å². The van der Waals surface area contributed by atoms with Crippen LogP contribution < -0.4 is 16.0 Å². The minimum atomic E-state index is -0.830. The number of hydrogen-bond acceptors (Lipinski definition) is 6. The molecule has 3 atom stereocenters. The molecule has 0 saturated carbocycles. The third kappa shape index (κ3) is 9.87. The van der Waals surface area contributed by atoms with Gasteiger partial charge in [0.1, 0.15) is 12.1 Å². The number of amides is 3. The van der Waals surface area contributed by atoms with Crippen molar-refractivity contribution in [2.24, 2.45) is 5.92 Å². The maximum absolute atomic E-state index is 13.0. The van der Waals surface area contributed by atoms with Crippen molar-refractivity contribution in [1.29, 1.82) is 0 Å². The Labute approximate surface area is 189 Å². The van der Waals surface area contributed by atoms with Crippen LogP contribution in [0.25, 0.3) is 0 Å². The molecule has 0 aliphatic carbocycles. The summed E-state index contributed by atoms with van der Waals surface area (Å²) in [5.41, 5.74) is 0.902. The number of nitrogens with one attached hydrogen (secondary N) is 3. The predicted molar refractivity (Wildman–Crippen MR) is 122 cm³/mol. The number of ether oxygens (including phenoxy) is 1. The van der Waals surface area contributed by atoms with Crippen LogP contribution in [0.5, 0.6) is 0 Å². The first-order chi connectivity index (χ1) is 14.7. The zero-order valence-electron chi connectivity index (χ0n) is 18.5. The normalized spacial score (nSPS) is 13.6. The Morgan fingerprint density at radius 1 is 0.968 bits per heavy atom. The molecule has 31 heavy (non-hydrogen) atoms. The van der Waals surface area contributed by atoms with Crippen LogP contribution >= 0.6 is 12.6 Å². The maximum atomic E-state index is 13.0. The summed E-state index contributed by atoms with van der Waals surface area (Å²) in [6.45, 7) is 3.87. The molecule has 0 bridgehead atoms. The maximum Gasteiger partial charge on any atom is 0.305 e. The monoisotopic (exact) mass is 451 g/mol. The molecule has 0 aliphatic heterocycles. The minimum absolute atomic E-state index is 0.0505. The molecule has 1 rings (SSSR count). The van der Waals surface area contributed by atoms with E-state index in [1.807, 2.05) is 44.2 Å². The van der Waals surface area contributed by atoms with Crippen LogP contribution in [0, 0.1) is 5.92 Å². The van der Waals surface area contributed by atoms with E-state index in [0.717, 1.165) is 5.56 Å². The zero-order chi connectivity index (χ0) is 23.4. The van der Waals surface area contributed by atoms with Gasteiger partial charge in [0.25, 0.3) is 0 Å². The van der Waals surface area contributed by atoms with E-state index in [9.17, 15) is 19.2 Å². The van der Waals surface area contributed by atoms with Crippen molar-refractivity contribution in [2.75, 3.05) is 14.2 Å². The fraction of sp³-hybridized carbons (Fsp3) is 0.545. The summed E-state index contributed by atoms with van der Waals surface area (Å²) < 4.78 is 4.57. The van der Waals surface area contributed by atoms with E-state index in [1.54, 1.807) is 0 Å². The summed E-state index contributed by atoms with van der Waals surface area (Å²) in [7, 11) is 2.78. The number of likely N-dealkylation sites (N-methyl/N-ethyl adjacent to an activating group) is 1. The van der Waals surface area contributed by atoms with Gasteiger partial charge in [-0.05, 0) is 24.3 Å². The van der Waals surface area contributed by atoms with Crippen molar-refractivity contribution < 1.29 is 23.9 Å². The van der Waals surface area contributed by atoms with Gasteiger partial charge in [0.2, 0.25) is 17.7 Å². The van der Waals surface area contributed by atoms with Crippen LogP contribution in [0.1, 0.15) is 38.7 Å². The molecular weight excluding hydrogens is 418 g/mol. The number of carbonyl (C=O) groups excluding carboxylic acids is 4. The van der Waals surface area contributed by atoms with Crippen molar-refractivity contribution in [3.05, 3.63) is 35.9 Å². The van der Waals surface area contributed by atoms with Crippen LogP contribution in [-0.2, 0) is 30.3 Å². The quantitative estimate of drug-likeness (QED) is 0.282. The van der Waals surface area contributed by atoms with E-state index in [1.165, 1.54) is 14.2 Å². The third-order valence-electron chi connectivity index (χ3n) is 4.65.